The van der Waals surface area contributed by atoms with E-state index >= 15 is 0 Å². The molecule has 0 aromatic heterocycles. The molecule has 0 aliphatic heterocycles. The molecule has 9 heteroatoms. The molecule has 6 saturated carbocycles. The Balaban J connectivity index is 0.597. The predicted octanol–water partition coefficient (Wildman–Crippen LogP) is 21.5. The van der Waals surface area contributed by atoms with Crippen LogP contribution >= 0.6 is 0 Å². The van der Waals surface area contributed by atoms with E-state index in [-0.39, 0.29) is 34.6 Å². The maximum Gasteiger partial charge on any atom is 0.314 e. The van der Waals surface area contributed by atoms with Gasteiger partial charge in [0.2, 0.25) is 0 Å². The van der Waals surface area contributed by atoms with E-state index in [4.69, 9.17) is 23.1 Å². The lowest BCUT2D eigenvalue weighted by Gasteiger charge is -2.58. The van der Waals surface area contributed by atoms with Gasteiger partial charge in [-0.15, -0.1) is 0 Å². The molecule has 0 heterocycles. The highest BCUT2D eigenvalue weighted by molar-refractivity contribution is 6.84. The zero-order valence-electron chi connectivity index (χ0n) is 57.5. The third-order valence-corrected chi connectivity index (χ3v) is 33.8. The van der Waals surface area contributed by atoms with Gasteiger partial charge >= 0.3 is 11.9 Å². The summed E-state index contributed by atoms with van der Waals surface area (Å²) in [7, 11) is -3.85. The minimum absolute atomic E-state index is 0.0758. The Morgan fingerprint density at radius 1 is 0.471 bits per heavy atom. The summed E-state index contributed by atoms with van der Waals surface area (Å²) in [6.07, 6.45) is 34.7. The summed E-state index contributed by atoms with van der Waals surface area (Å²) in [6, 6.07) is 17.4. The average Bonchev–Trinajstić information content (AvgIpc) is 1.74. The molecule has 0 N–H and O–H groups in total. The number of rotatable bonds is 26. The van der Waals surface area contributed by atoms with Crippen molar-refractivity contribution in [3.63, 3.8) is 0 Å². The summed E-state index contributed by atoms with van der Waals surface area (Å²) >= 11 is 0. The van der Waals surface area contributed by atoms with Crippen LogP contribution < -0.4 is 18.9 Å². The van der Waals surface area contributed by atoms with E-state index in [1.54, 1.807) is 11.1 Å². The van der Waals surface area contributed by atoms with E-state index in [0.29, 0.717) is 35.5 Å². The summed E-state index contributed by atoms with van der Waals surface area (Å²) in [5, 5.41) is 0. The molecule has 87 heavy (non-hydrogen) atoms. The molecule has 2 aromatic carbocycles. The molecule has 0 spiro atoms. The lowest BCUT2D eigenvalue weighted by Crippen LogP contribution is -2.50. The topological polar surface area (TPSA) is 80.3 Å². The molecule has 16 atom stereocenters. The molecule has 2 unspecified atom stereocenters. The van der Waals surface area contributed by atoms with Crippen LogP contribution in [-0.2, 0) is 13.7 Å². The van der Waals surface area contributed by atoms with Gasteiger partial charge in [-0.1, -0.05) is 131 Å². The summed E-state index contributed by atoms with van der Waals surface area (Å²) in [5.41, 5.74) is 4.52. The van der Waals surface area contributed by atoms with Crippen molar-refractivity contribution in [3.05, 3.63) is 71.8 Å². The number of carbonyl (C=O) groups is 2. The summed E-state index contributed by atoms with van der Waals surface area (Å²) < 4.78 is 31.6. The summed E-state index contributed by atoms with van der Waals surface area (Å²) in [6.45, 7) is 35.8. The molecule has 0 saturated heterocycles. The SMILES string of the molecule is CC(C)CCCC(C)[C@H]1CC[C@H]2[C@@H]3CC=C4C[C@@H](C(=O)Oc5ccc(OCCC[Si](C)(C)O[Si](C)(C)CCCOc6ccc(OC(=O)[C@H]7CC[C@@]8(C)C(=CC[C@H]9[C@@H]%10CC[C@H](C(C)CCCC(C)C)[C@@]%10(C)CC[C@@H]98)C7)cc6)cc5)CC[C@]4(C)[C@H]3CC[C@]12C. The van der Waals surface area contributed by atoms with Crippen LogP contribution in [0, 0.1) is 105 Å². The van der Waals surface area contributed by atoms with E-state index in [1.165, 1.54) is 103 Å². The normalized spacial score (nSPS) is 34.5. The lowest BCUT2D eigenvalue weighted by molar-refractivity contribution is -0.141. The van der Waals surface area contributed by atoms with Crippen LogP contribution in [0.5, 0.6) is 23.0 Å². The van der Waals surface area contributed by atoms with Gasteiger partial charge in [0, 0.05) is 0 Å². The first-order chi connectivity index (χ1) is 41.3. The number of ether oxygens (including phenoxy) is 4. The predicted molar refractivity (Wildman–Crippen MR) is 363 cm³/mol. The first-order valence-electron chi connectivity index (χ1n) is 36.3. The highest BCUT2D eigenvalue weighted by atomic mass is 28.4. The van der Waals surface area contributed by atoms with Gasteiger partial charge in [0.1, 0.15) is 23.0 Å². The Kier molecular flexibility index (Phi) is 21.2. The van der Waals surface area contributed by atoms with E-state index < -0.39 is 16.6 Å². The number of benzene rings is 2. The molecule has 0 radical (unpaired) electrons. The first-order valence-corrected chi connectivity index (χ1v) is 42.5. The summed E-state index contributed by atoms with van der Waals surface area (Å²) in [4.78, 5) is 27.5. The maximum absolute atomic E-state index is 13.7. The minimum Gasteiger partial charge on any atom is -0.494 e. The monoisotopic (exact) mass is 1230 g/mol. The number of fused-ring (bicyclic) bond motifs is 10. The van der Waals surface area contributed by atoms with E-state index in [1.807, 2.05) is 48.5 Å². The van der Waals surface area contributed by atoms with Crippen LogP contribution in [0.15, 0.2) is 71.8 Å². The second-order valence-electron chi connectivity index (χ2n) is 33.8. The fourth-order valence-corrected chi connectivity index (χ4v) is 30.4. The van der Waals surface area contributed by atoms with E-state index in [2.05, 4.69) is 108 Å². The quantitative estimate of drug-likeness (QED) is 0.0305. The summed E-state index contributed by atoms with van der Waals surface area (Å²) in [5.74, 6) is 12.3. The minimum atomic E-state index is -1.93. The van der Waals surface area contributed by atoms with Crippen molar-refractivity contribution in [2.24, 2.45) is 105 Å². The van der Waals surface area contributed by atoms with Crippen molar-refractivity contribution in [1.29, 1.82) is 0 Å². The molecule has 8 aliphatic rings. The van der Waals surface area contributed by atoms with E-state index in [9.17, 15) is 9.59 Å². The molecule has 0 bridgehead atoms. The first kappa shape index (κ1) is 66.8. The van der Waals surface area contributed by atoms with Crippen molar-refractivity contribution in [3.8, 4) is 23.0 Å². The van der Waals surface area contributed by atoms with Gasteiger partial charge in [0.25, 0.3) is 0 Å². The lowest BCUT2D eigenvalue weighted by atomic mass is 9.46. The van der Waals surface area contributed by atoms with E-state index in [0.717, 1.165) is 146 Å². The molecule has 6 fully saturated rings. The zero-order chi connectivity index (χ0) is 62.1. The fourth-order valence-electron chi connectivity index (χ4n) is 21.6. The number of hydrogen-bond acceptors (Lipinski definition) is 7. The third kappa shape index (κ3) is 14.9. The number of hydrogen-bond donors (Lipinski definition) is 0. The maximum atomic E-state index is 13.7. The molecular formula is C78H122O7Si2. The Hall–Kier alpha value is -3.15. The Bertz CT molecular complexity index is 2510. The van der Waals surface area contributed by atoms with Gasteiger partial charge in [-0.2, -0.15) is 0 Å². The second kappa shape index (κ2) is 27.6. The van der Waals surface area contributed by atoms with Crippen molar-refractivity contribution >= 4 is 28.6 Å². The van der Waals surface area contributed by atoms with Gasteiger partial charge < -0.3 is 23.1 Å². The van der Waals surface area contributed by atoms with Gasteiger partial charge in [-0.05, 0) is 295 Å². The highest BCUT2D eigenvalue weighted by Crippen LogP contribution is 2.69. The fraction of sp³-hybridized carbons (Fsp3) is 0.769. The average molecular weight is 1230 g/mol. The van der Waals surface area contributed by atoms with Crippen molar-refractivity contribution in [1.82, 2.24) is 0 Å². The molecule has 7 nitrogen and oxygen atoms in total. The largest absolute Gasteiger partial charge is 0.494 e. The second-order valence-corrected chi connectivity index (χ2v) is 42.6. The standard InChI is InChI=1S/C78H122O7Si2/c1-53(2)19-15-21-55(5)67-35-37-69-65-33-23-59-51-57(39-43-75(59,7)71(65)41-45-77(67,69)9)73(79)83-63-29-25-61(26-30-63)81-47-17-49-86(11,12)85-87(13,14)50-18-48-82-62-27-31-64(32-28-62)84-74(80)58-40-44-76(8)60(52-58)24-34-66-70-38-36-68(56(6)22-16-20-54(3)4)78(70,10)46-42-72(66)76/h23-32,53-58,65-72H,15-22,33-52H2,1-14H3/t55?,56?,57-,58-,65-,66-,67+,68+,69-,70-,71-,72-,75-,76-,77+,78+/m0/s1. The Morgan fingerprint density at radius 2 is 0.851 bits per heavy atom. The smallest absolute Gasteiger partial charge is 0.314 e. The number of carbonyl (C=O) groups excluding carboxylic acids is 2. The van der Waals surface area contributed by atoms with Crippen LogP contribution in [0.1, 0.15) is 223 Å². The van der Waals surface area contributed by atoms with Gasteiger partial charge in [0.15, 0.2) is 16.6 Å². The molecular weight excluding hydrogens is 1110 g/mol. The molecule has 0 amide bonds. The van der Waals surface area contributed by atoms with Crippen LogP contribution in [0.4, 0.5) is 0 Å². The van der Waals surface area contributed by atoms with Crippen LogP contribution in [-0.4, -0.2) is 41.8 Å². The van der Waals surface area contributed by atoms with Crippen LogP contribution in [0.25, 0.3) is 0 Å². The highest BCUT2D eigenvalue weighted by Gasteiger charge is 2.61. The van der Waals surface area contributed by atoms with Gasteiger partial charge in [-0.3, -0.25) is 9.59 Å². The molecule has 8 aliphatic carbocycles. The van der Waals surface area contributed by atoms with Crippen LogP contribution in [0.2, 0.25) is 38.3 Å². The number of allylic oxidation sites excluding steroid dienone is 4. The Morgan fingerprint density at radius 3 is 1.23 bits per heavy atom. The van der Waals surface area contributed by atoms with Crippen LogP contribution in [0.3, 0.4) is 0 Å². The number of esters is 2. The van der Waals surface area contributed by atoms with Gasteiger partial charge in [0.05, 0.1) is 25.0 Å². The molecule has 10 rings (SSSR count). The van der Waals surface area contributed by atoms with Crippen molar-refractivity contribution < 1.29 is 32.7 Å². The third-order valence-electron chi connectivity index (χ3n) is 26.3. The van der Waals surface area contributed by atoms with Crippen molar-refractivity contribution in [2.75, 3.05) is 13.2 Å². The van der Waals surface area contributed by atoms with Crippen molar-refractivity contribution in [2.45, 2.75) is 262 Å². The molecule has 2 aromatic rings. The Labute approximate surface area is 532 Å². The zero-order valence-corrected chi connectivity index (χ0v) is 59.5. The van der Waals surface area contributed by atoms with Gasteiger partial charge in [-0.25, -0.2) is 0 Å². The molecule has 484 valence electrons.